The Morgan fingerprint density at radius 3 is 1.51 bits per heavy atom. The highest BCUT2D eigenvalue weighted by atomic mass is 16.7. The van der Waals surface area contributed by atoms with Crippen molar-refractivity contribution in [1.82, 2.24) is 0 Å². The predicted octanol–water partition coefficient (Wildman–Crippen LogP) is 9.46. The van der Waals surface area contributed by atoms with Crippen LogP contribution >= 0.6 is 0 Å². The van der Waals surface area contributed by atoms with Crippen molar-refractivity contribution < 1.29 is 42.3 Å². The van der Waals surface area contributed by atoms with E-state index in [1.54, 1.807) is 18.2 Å². The molecule has 61 heavy (non-hydrogen) atoms. The first-order valence-corrected chi connectivity index (χ1v) is 20.3. The Balaban J connectivity index is 1.14. The molecule has 0 N–H and O–H groups in total. The topological polar surface area (TPSA) is 104 Å². The normalized spacial score (nSPS) is 18.7. The third kappa shape index (κ3) is 10.9. The molecule has 7 aromatic rings. The number of ether oxygens (including phenoxy) is 8. The van der Waals surface area contributed by atoms with E-state index in [0.29, 0.717) is 24.3 Å². The quantitative estimate of drug-likeness (QED) is 0.0734. The van der Waals surface area contributed by atoms with Crippen molar-refractivity contribution in [1.29, 1.82) is 0 Å². The van der Waals surface area contributed by atoms with E-state index in [9.17, 15) is 4.79 Å². The summed E-state index contributed by atoms with van der Waals surface area (Å²) in [5, 5.41) is 0.534. The van der Waals surface area contributed by atoms with Crippen LogP contribution in [-0.2, 0) is 56.7 Å². The van der Waals surface area contributed by atoms with Gasteiger partial charge >= 0.3 is 5.63 Å². The van der Waals surface area contributed by atoms with E-state index in [0.717, 1.165) is 27.8 Å². The first kappa shape index (κ1) is 41.5. The molecule has 2 heterocycles. The highest BCUT2D eigenvalue weighted by Crippen LogP contribution is 2.37. The van der Waals surface area contributed by atoms with Crippen LogP contribution in [0.4, 0.5) is 0 Å². The van der Waals surface area contributed by atoms with Gasteiger partial charge in [-0.3, -0.25) is 0 Å². The second kappa shape index (κ2) is 20.8. The lowest BCUT2D eigenvalue weighted by atomic mass is 9.97. The molecule has 6 aromatic carbocycles. The molecule has 5 atom stereocenters. The predicted molar refractivity (Wildman–Crippen MR) is 230 cm³/mol. The maximum Gasteiger partial charge on any atom is 0.383 e. The van der Waals surface area contributed by atoms with Gasteiger partial charge in [0.05, 0.1) is 45.5 Å². The van der Waals surface area contributed by atoms with E-state index in [-0.39, 0.29) is 43.5 Å². The molecule has 1 saturated heterocycles. The van der Waals surface area contributed by atoms with Crippen molar-refractivity contribution in [2.45, 2.75) is 63.7 Å². The summed E-state index contributed by atoms with van der Waals surface area (Å²) in [5.41, 5.74) is 4.45. The smallest absolute Gasteiger partial charge is 0.383 e. The summed E-state index contributed by atoms with van der Waals surface area (Å²) in [7, 11) is 1.41. The number of methoxy groups -OCH3 is 1. The first-order valence-electron chi connectivity index (χ1n) is 20.3. The molecule has 0 bridgehead atoms. The summed E-state index contributed by atoms with van der Waals surface area (Å²) in [4.78, 5) is 13.2. The average Bonchev–Trinajstić information content (AvgIpc) is 3.31. The molecule has 10 heteroatoms. The van der Waals surface area contributed by atoms with Crippen LogP contribution in [0.1, 0.15) is 27.8 Å². The van der Waals surface area contributed by atoms with Gasteiger partial charge in [0.1, 0.15) is 42.4 Å². The van der Waals surface area contributed by atoms with Crippen molar-refractivity contribution in [3.63, 3.8) is 0 Å². The van der Waals surface area contributed by atoms with Crippen molar-refractivity contribution in [2.75, 3.05) is 13.7 Å². The van der Waals surface area contributed by atoms with Gasteiger partial charge in [-0.15, -0.1) is 0 Å². The number of rotatable bonds is 19. The van der Waals surface area contributed by atoms with E-state index in [4.69, 9.17) is 42.3 Å². The zero-order valence-corrected chi connectivity index (χ0v) is 33.9. The van der Waals surface area contributed by atoms with Crippen molar-refractivity contribution in [2.24, 2.45) is 0 Å². The second-order valence-electron chi connectivity index (χ2n) is 14.6. The fourth-order valence-electron chi connectivity index (χ4n) is 7.23. The zero-order valence-electron chi connectivity index (χ0n) is 33.9. The Bertz CT molecular complexity index is 2450. The van der Waals surface area contributed by atoms with Crippen LogP contribution in [0.5, 0.6) is 17.2 Å². The number of hydrogen-bond acceptors (Lipinski definition) is 10. The molecule has 1 fully saturated rings. The largest absolute Gasteiger partial charge is 0.487 e. The molecule has 8 rings (SSSR count). The molecule has 0 unspecified atom stereocenters. The molecule has 1 aromatic heterocycles. The van der Waals surface area contributed by atoms with Crippen LogP contribution in [-0.4, -0.2) is 44.4 Å². The molecular weight excluding hydrogens is 773 g/mol. The standard InChI is InChI=1S/C51H48O10/c1-53-48-45(55-31-37-19-9-3-10-20-37)42-28-27-41(29-43(42)60-50(48)52)59-51-49(58-34-40-25-15-6-16-26-40)47(57-33-39-23-13-5-14-24-39)46(56-32-38-21-11-4-12-22-38)44(61-51)35-54-30-36-17-7-2-8-18-36/h2-29,44,46-47,49,51H,30-35H2,1H3/t44-,46-,47+,49+,51+/m1/s1. The molecule has 0 radical (unpaired) electrons. The third-order valence-electron chi connectivity index (χ3n) is 10.3. The fraction of sp³-hybridized carbons (Fsp3) is 0.235. The van der Waals surface area contributed by atoms with E-state index in [1.165, 1.54) is 7.11 Å². The van der Waals surface area contributed by atoms with Crippen LogP contribution in [0.3, 0.4) is 0 Å². The average molecular weight is 821 g/mol. The second-order valence-corrected chi connectivity index (χ2v) is 14.6. The SMILES string of the molecule is COc1c(OCc2ccccc2)c2ccc(O[C@H]3O[C@H](COCc4ccccc4)[C@@H](OCc4ccccc4)[C@H](OCc4ccccc4)[C@@H]3OCc3ccccc3)cc2oc1=O. The lowest BCUT2D eigenvalue weighted by molar-refractivity contribution is -0.310. The van der Waals surface area contributed by atoms with Crippen LogP contribution in [0.25, 0.3) is 11.0 Å². The van der Waals surface area contributed by atoms with Gasteiger partial charge < -0.3 is 42.3 Å². The molecule has 10 nitrogen and oxygen atoms in total. The van der Waals surface area contributed by atoms with Crippen molar-refractivity contribution in [3.05, 3.63) is 208 Å². The van der Waals surface area contributed by atoms with Crippen LogP contribution in [0, 0.1) is 0 Å². The van der Waals surface area contributed by atoms with E-state index in [1.807, 2.05) is 152 Å². The Hall–Kier alpha value is -6.27. The van der Waals surface area contributed by atoms with E-state index >= 15 is 0 Å². The minimum absolute atomic E-state index is 0.0274. The minimum atomic E-state index is -1.03. The maximum atomic E-state index is 13.2. The maximum absolute atomic E-state index is 13.2. The van der Waals surface area contributed by atoms with Crippen molar-refractivity contribution in [3.8, 4) is 17.2 Å². The Morgan fingerprint density at radius 2 is 0.984 bits per heavy atom. The van der Waals surface area contributed by atoms with Gasteiger partial charge in [-0.05, 0) is 39.9 Å². The highest BCUT2D eigenvalue weighted by molar-refractivity contribution is 5.86. The van der Waals surface area contributed by atoms with Crippen LogP contribution in [0.15, 0.2) is 179 Å². The highest BCUT2D eigenvalue weighted by Gasteiger charge is 2.50. The Labute approximate surface area is 355 Å². The molecule has 312 valence electrons. The number of fused-ring (bicyclic) bond motifs is 1. The van der Waals surface area contributed by atoms with Crippen LogP contribution < -0.4 is 19.8 Å². The summed E-state index contributed by atoms with van der Waals surface area (Å²) in [6.07, 6.45) is -3.83. The van der Waals surface area contributed by atoms with Gasteiger partial charge in [0, 0.05) is 6.07 Å². The first-order chi connectivity index (χ1) is 30.1. The molecule has 0 spiro atoms. The lowest BCUT2D eigenvalue weighted by Crippen LogP contribution is -2.62. The summed E-state index contributed by atoms with van der Waals surface area (Å²) < 4.78 is 57.9. The summed E-state index contributed by atoms with van der Waals surface area (Å²) >= 11 is 0. The molecule has 0 saturated carbocycles. The van der Waals surface area contributed by atoms with E-state index in [2.05, 4.69) is 0 Å². The monoisotopic (exact) mass is 820 g/mol. The van der Waals surface area contributed by atoms with Gasteiger partial charge in [0.25, 0.3) is 0 Å². The van der Waals surface area contributed by atoms with Gasteiger partial charge in [-0.25, -0.2) is 4.79 Å². The van der Waals surface area contributed by atoms with Gasteiger partial charge in [-0.2, -0.15) is 0 Å². The summed E-state index contributed by atoms with van der Waals surface area (Å²) in [5.74, 6) is 0.605. The van der Waals surface area contributed by atoms with Gasteiger partial charge in [0.2, 0.25) is 12.0 Å². The number of benzene rings is 6. The molecule has 0 aliphatic carbocycles. The number of hydrogen-bond donors (Lipinski definition) is 0. The third-order valence-corrected chi connectivity index (χ3v) is 10.3. The zero-order chi connectivity index (χ0) is 41.6. The van der Waals surface area contributed by atoms with Gasteiger partial charge in [-0.1, -0.05) is 152 Å². The van der Waals surface area contributed by atoms with E-state index < -0.39 is 36.3 Å². The molecular formula is C51H48O10. The Morgan fingerprint density at radius 1 is 0.508 bits per heavy atom. The summed E-state index contributed by atoms with van der Waals surface area (Å²) in [6.45, 7) is 1.57. The fourth-order valence-corrected chi connectivity index (χ4v) is 7.23. The summed E-state index contributed by atoms with van der Waals surface area (Å²) in [6, 6.07) is 54.7. The van der Waals surface area contributed by atoms with Crippen LogP contribution in [0.2, 0.25) is 0 Å². The molecule has 1 aliphatic rings. The molecule has 0 amide bonds. The van der Waals surface area contributed by atoms with Gasteiger partial charge in [0.15, 0.2) is 5.75 Å². The van der Waals surface area contributed by atoms with Crippen molar-refractivity contribution >= 4 is 11.0 Å². The lowest BCUT2D eigenvalue weighted by Gasteiger charge is -2.45. The minimum Gasteiger partial charge on any atom is -0.487 e. The molecule has 1 aliphatic heterocycles. The Kier molecular flexibility index (Phi) is 14.1.